The van der Waals surface area contributed by atoms with E-state index in [0.717, 1.165) is 13.0 Å². The van der Waals surface area contributed by atoms with Gasteiger partial charge in [0.15, 0.2) is 0 Å². The zero-order valence-electron chi connectivity index (χ0n) is 6.86. The molecule has 1 rings (SSSR count). The molecule has 2 nitrogen and oxygen atoms in total. The maximum absolute atomic E-state index is 8.75. The van der Waals surface area contributed by atoms with Gasteiger partial charge in [-0.05, 0) is 18.8 Å². The largest absolute Gasteiger partial charge is 0.299 e. The summed E-state index contributed by atoms with van der Waals surface area (Å²) in [4.78, 5) is 0. The molecule has 0 aromatic heterocycles. The van der Waals surface area contributed by atoms with Crippen molar-refractivity contribution >= 4 is 0 Å². The summed E-state index contributed by atoms with van der Waals surface area (Å²) in [7, 11) is 0. The van der Waals surface area contributed by atoms with E-state index in [-0.39, 0.29) is 5.54 Å². The fourth-order valence-electron chi connectivity index (χ4n) is 1.60. The molecule has 0 spiro atoms. The Balaban J connectivity index is 2.69. The predicted octanol–water partition coefficient (Wildman–Crippen LogP) is 1.29. The van der Waals surface area contributed by atoms with Crippen molar-refractivity contribution in [3.63, 3.8) is 0 Å². The van der Waals surface area contributed by atoms with E-state index in [9.17, 15) is 0 Å². The minimum absolute atomic E-state index is 0.274. The number of nitrogens with zero attached hydrogens (tertiary/aromatic N) is 1. The van der Waals surface area contributed by atoms with Crippen LogP contribution in [0.2, 0.25) is 0 Å². The van der Waals surface area contributed by atoms with Crippen LogP contribution in [0.5, 0.6) is 0 Å². The smallest absolute Gasteiger partial charge is 0.104 e. The molecule has 0 aromatic rings. The molecule has 1 unspecified atom stereocenters. The lowest BCUT2D eigenvalue weighted by atomic mass is 9.86. The zero-order chi connectivity index (χ0) is 7.83. The molecular weight excluding hydrogens is 124 g/mol. The van der Waals surface area contributed by atoms with Gasteiger partial charge in [-0.3, -0.25) is 5.32 Å². The van der Waals surface area contributed by atoms with Gasteiger partial charge in [-0.25, -0.2) is 0 Å². The molecule has 0 aromatic carbocycles. The molecule has 10 heavy (non-hydrogen) atoms. The van der Waals surface area contributed by atoms with Gasteiger partial charge in [0.2, 0.25) is 0 Å². The molecular formula is C8H14N2. The van der Waals surface area contributed by atoms with Crippen molar-refractivity contribution in [2.75, 3.05) is 6.54 Å². The second-order valence-corrected chi connectivity index (χ2v) is 4.14. The quantitative estimate of drug-likeness (QED) is 0.547. The summed E-state index contributed by atoms with van der Waals surface area (Å²) in [5.41, 5.74) is 0.0218. The highest BCUT2D eigenvalue weighted by atomic mass is 15.0. The van der Waals surface area contributed by atoms with E-state index in [2.05, 4.69) is 25.2 Å². The van der Waals surface area contributed by atoms with Crippen LogP contribution in [0, 0.1) is 16.7 Å². The van der Waals surface area contributed by atoms with Crippen molar-refractivity contribution in [2.24, 2.45) is 5.41 Å². The van der Waals surface area contributed by atoms with Gasteiger partial charge in [-0.15, -0.1) is 0 Å². The Morgan fingerprint density at radius 3 is 2.20 bits per heavy atom. The minimum atomic E-state index is -0.274. The second-order valence-electron chi connectivity index (χ2n) is 4.14. The van der Waals surface area contributed by atoms with Gasteiger partial charge in [-0.1, -0.05) is 13.8 Å². The Kier molecular flexibility index (Phi) is 1.48. The van der Waals surface area contributed by atoms with Crippen molar-refractivity contribution < 1.29 is 0 Å². The lowest BCUT2D eigenvalue weighted by Crippen LogP contribution is -2.33. The third-order valence-corrected chi connectivity index (χ3v) is 2.04. The SMILES string of the molecule is CC1(C)CNC(C)(C#N)C1. The molecule has 0 bridgehead atoms. The Morgan fingerprint density at radius 1 is 1.40 bits per heavy atom. The summed E-state index contributed by atoms with van der Waals surface area (Å²) in [6.07, 6.45) is 0.955. The summed E-state index contributed by atoms with van der Waals surface area (Å²) in [6.45, 7) is 7.28. The Morgan fingerprint density at radius 2 is 2.00 bits per heavy atom. The number of hydrogen-bond acceptors (Lipinski definition) is 2. The maximum atomic E-state index is 8.75. The first kappa shape index (κ1) is 7.56. The van der Waals surface area contributed by atoms with E-state index in [1.54, 1.807) is 0 Å². The number of nitriles is 1. The standard InChI is InChI=1S/C8H14N2/c1-7(2)4-8(3,5-9)10-6-7/h10H,4,6H2,1-3H3. The lowest BCUT2D eigenvalue weighted by molar-refractivity contribution is 0.389. The van der Waals surface area contributed by atoms with Crippen LogP contribution in [0.3, 0.4) is 0 Å². The molecule has 0 saturated carbocycles. The van der Waals surface area contributed by atoms with E-state index in [4.69, 9.17) is 5.26 Å². The van der Waals surface area contributed by atoms with Crippen molar-refractivity contribution in [3.05, 3.63) is 0 Å². The summed E-state index contributed by atoms with van der Waals surface area (Å²) in [6, 6.07) is 2.28. The van der Waals surface area contributed by atoms with E-state index in [0.29, 0.717) is 5.41 Å². The first-order valence-corrected chi connectivity index (χ1v) is 3.64. The van der Waals surface area contributed by atoms with Crippen LogP contribution in [-0.2, 0) is 0 Å². The molecule has 56 valence electrons. The van der Waals surface area contributed by atoms with Crippen LogP contribution >= 0.6 is 0 Å². The summed E-state index contributed by atoms with van der Waals surface area (Å²) in [5.74, 6) is 0. The van der Waals surface area contributed by atoms with Gasteiger partial charge in [0.1, 0.15) is 5.54 Å². The zero-order valence-corrected chi connectivity index (χ0v) is 6.86. The number of nitrogens with one attached hydrogen (secondary N) is 1. The van der Waals surface area contributed by atoms with Gasteiger partial charge in [0.25, 0.3) is 0 Å². The average molecular weight is 138 g/mol. The second kappa shape index (κ2) is 1.96. The fourth-order valence-corrected chi connectivity index (χ4v) is 1.60. The van der Waals surface area contributed by atoms with Crippen LogP contribution < -0.4 is 5.32 Å². The van der Waals surface area contributed by atoms with Gasteiger partial charge >= 0.3 is 0 Å². The Bertz CT molecular complexity index is 178. The molecule has 2 heteroatoms. The predicted molar refractivity (Wildman–Crippen MR) is 40.4 cm³/mol. The normalized spacial score (nSPS) is 37.4. The van der Waals surface area contributed by atoms with E-state index in [1.807, 2.05) is 6.92 Å². The number of hydrogen-bond donors (Lipinski definition) is 1. The molecule has 0 amide bonds. The highest BCUT2D eigenvalue weighted by Gasteiger charge is 2.39. The minimum Gasteiger partial charge on any atom is -0.299 e. The molecule has 0 radical (unpaired) electrons. The molecule has 1 saturated heterocycles. The van der Waals surface area contributed by atoms with Gasteiger partial charge in [0.05, 0.1) is 6.07 Å². The molecule has 0 aliphatic carbocycles. The van der Waals surface area contributed by atoms with E-state index >= 15 is 0 Å². The van der Waals surface area contributed by atoms with Crippen molar-refractivity contribution in [2.45, 2.75) is 32.7 Å². The summed E-state index contributed by atoms with van der Waals surface area (Å²) in [5, 5.41) is 12.0. The third kappa shape index (κ3) is 1.30. The highest BCUT2D eigenvalue weighted by Crippen LogP contribution is 2.32. The number of rotatable bonds is 0. The third-order valence-electron chi connectivity index (χ3n) is 2.04. The van der Waals surface area contributed by atoms with Crippen molar-refractivity contribution in [1.82, 2.24) is 5.32 Å². The highest BCUT2D eigenvalue weighted by molar-refractivity contribution is 5.11. The van der Waals surface area contributed by atoms with Crippen LogP contribution in [0.4, 0.5) is 0 Å². The van der Waals surface area contributed by atoms with Crippen molar-refractivity contribution in [3.8, 4) is 6.07 Å². The lowest BCUT2D eigenvalue weighted by Gasteiger charge is -2.17. The molecule has 1 fully saturated rings. The van der Waals surface area contributed by atoms with Gasteiger partial charge in [0, 0.05) is 6.54 Å². The monoisotopic (exact) mass is 138 g/mol. The Labute approximate surface area is 62.2 Å². The molecule has 1 heterocycles. The van der Waals surface area contributed by atoms with Crippen LogP contribution in [0.15, 0.2) is 0 Å². The summed E-state index contributed by atoms with van der Waals surface area (Å²) >= 11 is 0. The maximum Gasteiger partial charge on any atom is 0.104 e. The average Bonchev–Trinajstić information content (AvgIpc) is 2.08. The first-order valence-electron chi connectivity index (χ1n) is 3.64. The van der Waals surface area contributed by atoms with Crippen molar-refractivity contribution in [1.29, 1.82) is 5.26 Å². The topological polar surface area (TPSA) is 35.8 Å². The van der Waals surface area contributed by atoms with Gasteiger partial charge in [-0.2, -0.15) is 5.26 Å². The molecule has 1 atom stereocenters. The first-order chi connectivity index (χ1) is 4.47. The van der Waals surface area contributed by atoms with Gasteiger partial charge < -0.3 is 0 Å². The molecule has 1 aliphatic rings. The fraction of sp³-hybridized carbons (Fsp3) is 0.875. The summed E-state index contributed by atoms with van der Waals surface area (Å²) < 4.78 is 0. The Hall–Kier alpha value is -0.550. The van der Waals surface area contributed by atoms with Crippen LogP contribution in [-0.4, -0.2) is 12.1 Å². The van der Waals surface area contributed by atoms with E-state index in [1.165, 1.54) is 0 Å². The van der Waals surface area contributed by atoms with E-state index < -0.39 is 0 Å². The van der Waals surface area contributed by atoms with Crippen LogP contribution in [0.25, 0.3) is 0 Å². The molecule has 1 aliphatic heterocycles. The van der Waals surface area contributed by atoms with Crippen LogP contribution in [0.1, 0.15) is 27.2 Å². The molecule has 1 N–H and O–H groups in total.